The van der Waals surface area contributed by atoms with Crippen molar-refractivity contribution in [3.8, 4) is 11.5 Å². The summed E-state index contributed by atoms with van der Waals surface area (Å²) in [6.07, 6.45) is 6.38. The summed E-state index contributed by atoms with van der Waals surface area (Å²) in [6, 6.07) is 5.07. The van der Waals surface area contributed by atoms with E-state index in [2.05, 4.69) is 9.97 Å². The van der Waals surface area contributed by atoms with E-state index in [0.717, 1.165) is 0 Å². The third-order valence-corrected chi connectivity index (χ3v) is 2.59. The lowest BCUT2D eigenvalue weighted by molar-refractivity contribution is 0.104. The molecule has 0 bridgehead atoms. The zero-order valence-electron chi connectivity index (χ0n) is 10.7. The number of methoxy groups -OCH3 is 2. The molecule has 0 aliphatic rings. The molecular weight excluding hydrogens is 244 g/mol. The number of allylic oxidation sites excluding steroid dienone is 1. The molecule has 1 aromatic heterocycles. The molecule has 0 radical (unpaired) electrons. The lowest BCUT2D eigenvalue weighted by atomic mass is 10.1. The highest BCUT2D eigenvalue weighted by atomic mass is 16.5. The Morgan fingerprint density at radius 3 is 2.79 bits per heavy atom. The molecule has 0 saturated carbocycles. The number of hydrogen-bond acceptors (Lipinski definition) is 4. The van der Waals surface area contributed by atoms with E-state index >= 15 is 0 Å². The quantitative estimate of drug-likeness (QED) is 0.660. The number of rotatable bonds is 5. The van der Waals surface area contributed by atoms with E-state index < -0.39 is 0 Å². The van der Waals surface area contributed by atoms with Crippen molar-refractivity contribution in [1.29, 1.82) is 0 Å². The van der Waals surface area contributed by atoms with E-state index in [4.69, 9.17) is 9.47 Å². The monoisotopic (exact) mass is 258 g/mol. The number of nitrogens with zero attached hydrogens (tertiary/aromatic N) is 1. The number of nitrogens with one attached hydrogen (secondary N) is 1. The number of hydrogen-bond donors (Lipinski definition) is 1. The molecule has 0 spiro atoms. The van der Waals surface area contributed by atoms with Gasteiger partial charge in [0, 0.05) is 18.5 Å². The number of aromatic nitrogens is 2. The standard InChI is InChI=1S/C14H14N2O3/c1-18-10-3-4-11(13(9-10)19-2)12(17)5-6-14-15-7-8-16-14/h3-9H,1-2H3,(H,15,16)/b6-5+. The summed E-state index contributed by atoms with van der Waals surface area (Å²) in [5.74, 6) is 1.59. The molecule has 1 aromatic carbocycles. The molecule has 1 N–H and O–H groups in total. The SMILES string of the molecule is COc1ccc(C(=O)/C=C/c2ncc[nH]2)c(OC)c1. The van der Waals surface area contributed by atoms with Gasteiger partial charge in [0.1, 0.15) is 17.3 Å². The lowest BCUT2D eigenvalue weighted by Gasteiger charge is -2.07. The zero-order chi connectivity index (χ0) is 13.7. The minimum atomic E-state index is -0.157. The summed E-state index contributed by atoms with van der Waals surface area (Å²) < 4.78 is 10.3. The summed E-state index contributed by atoms with van der Waals surface area (Å²) in [5, 5.41) is 0. The van der Waals surface area contributed by atoms with E-state index in [-0.39, 0.29) is 5.78 Å². The highest BCUT2D eigenvalue weighted by Crippen LogP contribution is 2.25. The minimum Gasteiger partial charge on any atom is -0.497 e. The molecular formula is C14H14N2O3. The van der Waals surface area contributed by atoms with Crippen molar-refractivity contribution in [2.45, 2.75) is 0 Å². The number of imidazole rings is 1. The van der Waals surface area contributed by atoms with Gasteiger partial charge in [0.2, 0.25) is 0 Å². The van der Waals surface area contributed by atoms with E-state index in [1.54, 1.807) is 43.8 Å². The molecule has 19 heavy (non-hydrogen) atoms. The molecule has 5 nitrogen and oxygen atoms in total. The largest absolute Gasteiger partial charge is 0.497 e. The molecule has 2 aromatic rings. The first-order chi connectivity index (χ1) is 9.24. The van der Waals surface area contributed by atoms with Crippen molar-refractivity contribution in [2.75, 3.05) is 14.2 Å². The average Bonchev–Trinajstić information content (AvgIpc) is 2.97. The van der Waals surface area contributed by atoms with Crippen molar-refractivity contribution in [1.82, 2.24) is 9.97 Å². The maximum absolute atomic E-state index is 12.1. The summed E-state index contributed by atoms with van der Waals surface area (Å²) in [7, 11) is 3.08. The number of carbonyl (C=O) groups excluding carboxylic acids is 1. The van der Waals surface area contributed by atoms with Crippen molar-refractivity contribution < 1.29 is 14.3 Å². The van der Waals surface area contributed by atoms with Gasteiger partial charge in [0.05, 0.1) is 19.8 Å². The average molecular weight is 258 g/mol. The zero-order valence-corrected chi connectivity index (χ0v) is 10.7. The molecule has 0 fully saturated rings. The van der Waals surface area contributed by atoms with Crippen LogP contribution in [0.3, 0.4) is 0 Å². The third-order valence-electron chi connectivity index (χ3n) is 2.59. The first kappa shape index (κ1) is 12.9. The lowest BCUT2D eigenvalue weighted by Crippen LogP contribution is -1.99. The topological polar surface area (TPSA) is 64.2 Å². The van der Waals surface area contributed by atoms with Gasteiger partial charge in [-0.2, -0.15) is 0 Å². The van der Waals surface area contributed by atoms with Crippen LogP contribution in [0.15, 0.2) is 36.7 Å². The Morgan fingerprint density at radius 1 is 1.32 bits per heavy atom. The third kappa shape index (κ3) is 3.01. The first-order valence-corrected chi connectivity index (χ1v) is 5.68. The Bertz CT molecular complexity index is 589. The molecule has 2 rings (SSSR count). The Morgan fingerprint density at radius 2 is 2.16 bits per heavy atom. The highest BCUT2D eigenvalue weighted by Gasteiger charge is 2.10. The predicted molar refractivity (Wildman–Crippen MR) is 71.5 cm³/mol. The van der Waals surface area contributed by atoms with Gasteiger partial charge in [-0.25, -0.2) is 4.98 Å². The summed E-state index contributed by atoms with van der Waals surface area (Å²) in [5.41, 5.74) is 0.478. The molecule has 0 atom stereocenters. The molecule has 1 heterocycles. The second kappa shape index (κ2) is 5.86. The molecule has 0 aliphatic carbocycles. The Kier molecular flexibility index (Phi) is 3.97. The molecule has 5 heteroatoms. The van der Waals surface area contributed by atoms with Gasteiger partial charge < -0.3 is 14.5 Å². The normalized spacial score (nSPS) is 10.6. The highest BCUT2D eigenvalue weighted by molar-refractivity contribution is 6.08. The maximum atomic E-state index is 12.1. The fraction of sp³-hybridized carbons (Fsp3) is 0.143. The van der Waals surface area contributed by atoms with Crippen LogP contribution in [-0.4, -0.2) is 30.0 Å². The molecule has 0 amide bonds. The van der Waals surface area contributed by atoms with Crippen LogP contribution >= 0.6 is 0 Å². The van der Waals surface area contributed by atoms with Crippen LogP contribution in [0.25, 0.3) is 6.08 Å². The van der Waals surface area contributed by atoms with Crippen molar-refractivity contribution >= 4 is 11.9 Å². The van der Waals surface area contributed by atoms with Crippen LogP contribution in [0.4, 0.5) is 0 Å². The fourth-order valence-corrected chi connectivity index (χ4v) is 1.62. The van der Waals surface area contributed by atoms with Crippen molar-refractivity contribution in [3.05, 3.63) is 48.1 Å². The van der Waals surface area contributed by atoms with Crippen LogP contribution in [0.5, 0.6) is 11.5 Å². The van der Waals surface area contributed by atoms with E-state index in [1.807, 2.05) is 0 Å². The Labute approximate surface area is 110 Å². The molecule has 0 unspecified atom stereocenters. The van der Waals surface area contributed by atoms with Gasteiger partial charge in [0.25, 0.3) is 0 Å². The van der Waals surface area contributed by atoms with Crippen LogP contribution in [0, 0.1) is 0 Å². The van der Waals surface area contributed by atoms with Gasteiger partial charge in [-0.05, 0) is 24.3 Å². The maximum Gasteiger partial charge on any atom is 0.189 e. The minimum absolute atomic E-state index is 0.157. The summed E-state index contributed by atoms with van der Waals surface area (Å²) in [4.78, 5) is 19.0. The van der Waals surface area contributed by atoms with E-state index in [1.165, 1.54) is 13.2 Å². The number of benzene rings is 1. The van der Waals surface area contributed by atoms with E-state index in [9.17, 15) is 4.79 Å². The molecule has 0 aliphatic heterocycles. The second-order valence-corrected chi connectivity index (χ2v) is 3.74. The fourth-order valence-electron chi connectivity index (χ4n) is 1.62. The second-order valence-electron chi connectivity index (χ2n) is 3.74. The van der Waals surface area contributed by atoms with Gasteiger partial charge >= 0.3 is 0 Å². The first-order valence-electron chi connectivity index (χ1n) is 5.68. The summed E-state index contributed by atoms with van der Waals surface area (Å²) in [6.45, 7) is 0. The van der Waals surface area contributed by atoms with Gasteiger partial charge in [-0.15, -0.1) is 0 Å². The predicted octanol–water partition coefficient (Wildman–Crippen LogP) is 2.32. The van der Waals surface area contributed by atoms with Crippen molar-refractivity contribution in [3.63, 3.8) is 0 Å². The van der Waals surface area contributed by atoms with Crippen LogP contribution < -0.4 is 9.47 Å². The summed E-state index contributed by atoms with van der Waals surface area (Å²) >= 11 is 0. The Hall–Kier alpha value is -2.56. The van der Waals surface area contributed by atoms with Gasteiger partial charge in [-0.1, -0.05) is 0 Å². The van der Waals surface area contributed by atoms with E-state index in [0.29, 0.717) is 22.9 Å². The van der Waals surface area contributed by atoms with Crippen LogP contribution in [0.2, 0.25) is 0 Å². The Balaban J connectivity index is 2.23. The molecule has 0 saturated heterocycles. The van der Waals surface area contributed by atoms with Gasteiger partial charge in [0.15, 0.2) is 5.78 Å². The smallest absolute Gasteiger partial charge is 0.189 e. The van der Waals surface area contributed by atoms with Crippen molar-refractivity contribution in [2.24, 2.45) is 0 Å². The number of ether oxygens (including phenoxy) is 2. The number of carbonyl (C=O) groups is 1. The number of ketones is 1. The van der Waals surface area contributed by atoms with Crippen LogP contribution in [-0.2, 0) is 0 Å². The number of aromatic amines is 1. The number of H-pyrrole nitrogens is 1. The van der Waals surface area contributed by atoms with Crippen LogP contribution in [0.1, 0.15) is 16.2 Å². The van der Waals surface area contributed by atoms with Gasteiger partial charge in [-0.3, -0.25) is 4.79 Å². The molecule has 98 valence electrons.